The van der Waals surface area contributed by atoms with Gasteiger partial charge < -0.3 is 15.7 Å². The van der Waals surface area contributed by atoms with Crippen molar-refractivity contribution in [3.8, 4) is 10.4 Å². The van der Waals surface area contributed by atoms with E-state index in [1.807, 2.05) is 41.8 Å². The molecule has 118 valence electrons. The molecule has 2 amide bonds. The van der Waals surface area contributed by atoms with Crippen LogP contribution >= 0.6 is 11.3 Å². The molecular formula is C16H16N4O2S. The van der Waals surface area contributed by atoms with E-state index in [9.17, 15) is 4.79 Å². The van der Waals surface area contributed by atoms with Crippen LogP contribution in [0.15, 0.2) is 54.2 Å². The van der Waals surface area contributed by atoms with Crippen LogP contribution in [-0.4, -0.2) is 27.5 Å². The highest BCUT2D eigenvalue weighted by Crippen LogP contribution is 2.26. The number of amides is 2. The summed E-state index contributed by atoms with van der Waals surface area (Å²) >= 11 is 1.65. The molecule has 0 aliphatic rings. The second-order valence-corrected chi connectivity index (χ2v) is 5.80. The fourth-order valence-corrected chi connectivity index (χ4v) is 2.86. The highest BCUT2D eigenvalue weighted by atomic mass is 32.1. The van der Waals surface area contributed by atoms with Crippen LogP contribution in [0.4, 0.5) is 16.2 Å². The van der Waals surface area contributed by atoms with Crippen molar-refractivity contribution in [1.82, 2.24) is 9.78 Å². The number of thiophene rings is 1. The zero-order valence-corrected chi connectivity index (χ0v) is 13.1. The number of aliphatic hydroxyl groups excluding tert-OH is 1. The molecule has 0 saturated heterocycles. The van der Waals surface area contributed by atoms with Crippen LogP contribution in [0.3, 0.4) is 0 Å². The Morgan fingerprint density at radius 2 is 2.09 bits per heavy atom. The lowest BCUT2D eigenvalue weighted by Gasteiger charge is -2.07. The molecule has 2 heterocycles. The number of aromatic nitrogens is 2. The molecular weight excluding hydrogens is 312 g/mol. The van der Waals surface area contributed by atoms with Crippen molar-refractivity contribution in [1.29, 1.82) is 0 Å². The maximum Gasteiger partial charge on any atom is 0.323 e. The van der Waals surface area contributed by atoms with Gasteiger partial charge in [-0.05, 0) is 29.1 Å². The van der Waals surface area contributed by atoms with Gasteiger partial charge in [-0.15, -0.1) is 11.3 Å². The van der Waals surface area contributed by atoms with Crippen LogP contribution in [0.1, 0.15) is 0 Å². The van der Waals surface area contributed by atoms with Crippen molar-refractivity contribution in [2.45, 2.75) is 6.54 Å². The van der Waals surface area contributed by atoms with Gasteiger partial charge in [0.1, 0.15) is 0 Å². The van der Waals surface area contributed by atoms with E-state index < -0.39 is 0 Å². The molecule has 0 aliphatic heterocycles. The SMILES string of the molecule is O=C(Nc1cccc(-c2cccs2)c1)Nc1cnn(CCO)c1. The minimum Gasteiger partial charge on any atom is -0.394 e. The molecule has 23 heavy (non-hydrogen) atoms. The van der Waals surface area contributed by atoms with E-state index >= 15 is 0 Å². The number of anilines is 2. The van der Waals surface area contributed by atoms with Gasteiger partial charge in [-0.3, -0.25) is 4.68 Å². The number of hydrogen-bond donors (Lipinski definition) is 3. The first kappa shape index (κ1) is 15.3. The molecule has 0 bridgehead atoms. The Morgan fingerprint density at radius 3 is 2.87 bits per heavy atom. The average Bonchev–Trinajstić information content (AvgIpc) is 3.20. The lowest BCUT2D eigenvalue weighted by molar-refractivity contribution is 0.262. The van der Waals surface area contributed by atoms with Crippen molar-refractivity contribution in [2.24, 2.45) is 0 Å². The summed E-state index contributed by atoms with van der Waals surface area (Å²) in [5.41, 5.74) is 2.36. The molecule has 0 spiro atoms. The van der Waals surface area contributed by atoms with Crippen LogP contribution < -0.4 is 10.6 Å². The number of carbonyl (C=O) groups is 1. The number of carbonyl (C=O) groups excluding carboxylic acids is 1. The van der Waals surface area contributed by atoms with Gasteiger partial charge in [0, 0.05) is 16.8 Å². The largest absolute Gasteiger partial charge is 0.394 e. The number of hydrogen-bond acceptors (Lipinski definition) is 4. The molecule has 0 unspecified atom stereocenters. The van der Waals surface area contributed by atoms with Gasteiger partial charge in [0.15, 0.2) is 0 Å². The number of aliphatic hydroxyl groups is 1. The van der Waals surface area contributed by atoms with Crippen LogP contribution in [0, 0.1) is 0 Å². The molecule has 0 fully saturated rings. The van der Waals surface area contributed by atoms with Crippen LogP contribution in [0.2, 0.25) is 0 Å². The van der Waals surface area contributed by atoms with E-state index in [1.165, 1.54) is 6.20 Å². The van der Waals surface area contributed by atoms with Gasteiger partial charge >= 0.3 is 6.03 Å². The normalized spacial score (nSPS) is 10.5. The number of benzene rings is 1. The second-order valence-electron chi connectivity index (χ2n) is 4.85. The second kappa shape index (κ2) is 7.08. The van der Waals surface area contributed by atoms with Gasteiger partial charge in [0.2, 0.25) is 0 Å². The predicted octanol–water partition coefficient (Wildman–Crippen LogP) is 3.25. The Hall–Kier alpha value is -2.64. The van der Waals surface area contributed by atoms with E-state index in [-0.39, 0.29) is 12.6 Å². The Bertz CT molecular complexity index is 783. The summed E-state index contributed by atoms with van der Waals surface area (Å²) < 4.78 is 1.56. The lowest BCUT2D eigenvalue weighted by atomic mass is 10.1. The van der Waals surface area contributed by atoms with Gasteiger partial charge in [0.25, 0.3) is 0 Å². The molecule has 1 aromatic carbocycles. The molecule has 0 saturated carbocycles. The fraction of sp³-hybridized carbons (Fsp3) is 0.125. The highest BCUT2D eigenvalue weighted by Gasteiger charge is 2.06. The first-order valence-electron chi connectivity index (χ1n) is 7.10. The number of nitrogens with one attached hydrogen (secondary N) is 2. The third-order valence-corrected chi connectivity index (χ3v) is 4.07. The number of nitrogens with zero attached hydrogens (tertiary/aromatic N) is 2. The van der Waals surface area contributed by atoms with Crippen molar-refractivity contribution >= 4 is 28.7 Å². The molecule has 3 rings (SSSR count). The number of urea groups is 1. The summed E-state index contributed by atoms with van der Waals surface area (Å²) in [7, 11) is 0. The van der Waals surface area contributed by atoms with Crippen molar-refractivity contribution in [2.75, 3.05) is 17.2 Å². The molecule has 0 radical (unpaired) electrons. The average molecular weight is 328 g/mol. The Kier molecular flexibility index (Phi) is 4.70. The molecule has 3 N–H and O–H groups in total. The summed E-state index contributed by atoms with van der Waals surface area (Å²) in [5, 5.41) is 20.4. The van der Waals surface area contributed by atoms with Crippen LogP contribution in [0.25, 0.3) is 10.4 Å². The molecule has 0 atom stereocenters. The monoisotopic (exact) mass is 328 g/mol. The Morgan fingerprint density at radius 1 is 1.22 bits per heavy atom. The first-order chi connectivity index (χ1) is 11.2. The van der Waals surface area contributed by atoms with E-state index in [0.717, 1.165) is 16.1 Å². The minimum absolute atomic E-state index is 0.00281. The molecule has 2 aromatic heterocycles. The molecule has 3 aromatic rings. The summed E-state index contributed by atoms with van der Waals surface area (Å²) in [6, 6.07) is 11.4. The molecule has 0 aliphatic carbocycles. The van der Waals surface area contributed by atoms with Gasteiger partial charge in [-0.25, -0.2) is 4.79 Å². The van der Waals surface area contributed by atoms with Crippen LogP contribution in [-0.2, 0) is 6.54 Å². The van der Waals surface area contributed by atoms with Gasteiger partial charge in [0.05, 0.1) is 25.0 Å². The van der Waals surface area contributed by atoms with E-state index in [2.05, 4.69) is 15.7 Å². The highest BCUT2D eigenvalue weighted by molar-refractivity contribution is 7.13. The van der Waals surface area contributed by atoms with Crippen molar-refractivity contribution in [3.63, 3.8) is 0 Å². The lowest BCUT2D eigenvalue weighted by Crippen LogP contribution is -2.19. The van der Waals surface area contributed by atoms with E-state index in [1.54, 1.807) is 22.2 Å². The maximum atomic E-state index is 12.0. The van der Waals surface area contributed by atoms with Gasteiger partial charge in [-0.2, -0.15) is 5.10 Å². The molecule has 6 nitrogen and oxygen atoms in total. The van der Waals surface area contributed by atoms with Crippen molar-refractivity contribution in [3.05, 3.63) is 54.2 Å². The smallest absolute Gasteiger partial charge is 0.323 e. The molecule has 7 heteroatoms. The maximum absolute atomic E-state index is 12.0. The zero-order valence-electron chi connectivity index (χ0n) is 12.3. The quantitative estimate of drug-likeness (QED) is 0.672. The Balaban J connectivity index is 1.64. The summed E-state index contributed by atoms with van der Waals surface area (Å²) in [4.78, 5) is 13.2. The van der Waals surface area contributed by atoms with E-state index in [0.29, 0.717) is 12.2 Å². The van der Waals surface area contributed by atoms with Crippen molar-refractivity contribution < 1.29 is 9.90 Å². The fourth-order valence-electron chi connectivity index (χ4n) is 2.14. The first-order valence-corrected chi connectivity index (χ1v) is 7.98. The Labute approximate surface area is 137 Å². The van der Waals surface area contributed by atoms with Gasteiger partial charge in [-0.1, -0.05) is 18.2 Å². The summed E-state index contributed by atoms with van der Waals surface area (Å²) in [6.07, 6.45) is 3.20. The third kappa shape index (κ3) is 3.97. The predicted molar refractivity (Wildman–Crippen MR) is 91.7 cm³/mol. The zero-order chi connectivity index (χ0) is 16.1. The van der Waals surface area contributed by atoms with Crippen LogP contribution in [0.5, 0.6) is 0 Å². The topological polar surface area (TPSA) is 79.2 Å². The number of rotatable bonds is 5. The minimum atomic E-state index is -0.336. The van der Waals surface area contributed by atoms with E-state index in [4.69, 9.17) is 5.11 Å². The standard InChI is InChI=1S/C16H16N4O2S/c21-7-6-20-11-14(10-17-20)19-16(22)18-13-4-1-3-12(9-13)15-5-2-8-23-15/h1-5,8-11,21H,6-7H2,(H2,18,19,22). The summed E-state index contributed by atoms with van der Waals surface area (Å²) in [5.74, 6) is 0. The summed E-state index contributed by atoms with van der Waals surface area (Å²) in [6.45, 7) is 0.398. The third-order valence-electron chi connectivity index (χ3n) is 3.15.